The molecule has 6 heteroatoms. The number of hydrogen-bond donors (Lipinski definition) is 0. The van der Waals surface area contributed by atoms with E-state index in [1.165, 1.54) is 6.92 Å². The molecule has 1 saturated heterocycles. The Hall–Kier alpha value is -0.806. The number of aromatic nitrogens is 1. The molecule has 20 heavy (non-hydrogen) atoms. The van der Waals surface area contributed by atoms with Crippen LogP contribution in [0.25, 0.3) is 0 Å². The molecule has 1 aliphatic heterocycles. The van der Waals surface area contributed by atoms with Crippen molar-refractivity contribution >= 4 is 17.6 Å². The molecule has 2 heterocycles. The average molecular weight is 349 g/mol. The summed E-state index contributed by atoms with van der Waals surface area (Å²) in [7, 11) is 0. The number of anilines is 1. The van der Waals surface area contributed by atoms with Crippen LogP contribution in [0.1, 0.15) is 32.3 Å². The zero-order valence-corrected chi connectivity index (χ0v) is 14.9. The Bertz CT molecular complexity index is 488. The summed E-state index contributed by atoms with van der Waals surface area (Å²) in [5.41, 5.74) is 1.03. The van der Waals surface area contributed by atoms with E-state index in [1.54, 1.807) is 22.1 Å². The van der Waals surface area contributed by atoms with Crippen molar-refractivity contribution in [2.24, 2.45) is 0 Å². The van der Waals surface area contributed by atoms with Crippen molar-refractivity contribution in [3.05, 3.63) is 23.9 Å². The average Bonchev–Trinajstić information content (AvgIpc) is 2.38. The SMILES string of the molecule is CC(=O)N1CCN(c2c[c-]c(C(C)C)cn2)C(=O)C1.[Y]. The van der Waals surface area contributed by atoms with Gasteiger partial charge < -0.3 is 14.8 Å². The van der Waals surface area contributed by atoms with E-state index in [0.717, 1.165) is 5.56 Å². The third kappa shape index (κ3) is 3.86. The van der Waals surface area contributed by atoms with Crippen LogP contribution in [0, 0.1) is 6.07 Å². The van der Waals surface area contributed by atoms with Gasteiger partial charge in [0, 0.05) is 58.5 Å². The normalized spacial score (nSPS) is 15.3. The molecular weight excluding hydrogens is 331 g/mol. The van der Waals surface area contributed by atoms with Gasteiger partial charge in [0.25, 0.3) is 0 Å². The van der Waals surface area contributed by atoms with Gasteiger partial charge in [-0.2, -0.15) is 6.07 Å². The Morgan fingerprint density at radius 3 is 2.55 bits per heavy atom. The first-order valence-corrected chi connectivity index (χ1v) is 6.42. The second kappa shape index (κ2) is 7.27. The van der Waals surface area contributed by atoms with Gasteiger partial charge in [0.2, 0.25) is 11.8 Å². The zero-order chi connectivity index (χ0) is 14.0. The van der Waals surface area contributed by atoms with Gasteiger partial charge in [-0.05, 0) is 5.92 Å². The fraction of sp³-hybridized carbons (Fsp3) is 0.500. The second-order valence-corrected chi connectivity index (χ2v) is 5.00. The number of amides is 2. The molecule has 1 aromatic rings. The van der Waals surface area contributed by atoms with Crippen LogP contribution in [-0.4, -0.2) is 41.3 Å². The summed E-state index contributed by atoms with van der Waals surface area (Å²) in [5, 5.41) is 0. The van der Waals surface area contributed by atoms with Crippen molar-refractivity contribution in [1.29, 1.82) is 0 Å². The van der Waals surface area contributed by atoms with Gasteiger partial charge in [-0.3, -0.25) is 9.59 Å². The number of carbonyl (C=O) groups is 2. The molecule has 0 aliphatic carbocycles. The van der Waals surface area contributed by atoms with Gasteiger partial charge in [0.15, 0.2) is 0 Å². The van der Waals surface area contributed by atoms with Crippen LogP contribution in [0.15, 0.2) is 12.3 Å². The maximum Gasteiger partial charge on any atom is 0.236 e. The minimum absolute atomic E-state index is 0. The largest absolute Gasteiger partial charge is 0.367 e. The molecular formula is C14H18N3O2Y-. The minimum Gasteiger partial charge on any atom is -0.367 e. The molecule has 1 aliphatic rings. The molecule has 5 nitrogen and oxygen atoms in total. The molecule has 0 aromatic carbocycles. The Balaban J connectivity index is 0.00000200. The van der Waals surface area contributed by atoms with Crippen LogP contribution in [0.3, 0.4) is 0 Å². The van der Waals surface area contributed by atoms with E-state index in [-0.39, 0.29) is 51.1 Å². The molecule has 0 atom stereocenters. The molecule has 1 aromatic heterocycles. The fourth-order valence-electron chi connectivity index (χ4n) is 2.01. The van der Waals surface area contributed by atoms with Crippen molar-refractivity contribution in [2.45, 2.75) is 26.7 Å². The van der Waals surface area contributed by atoms with Crippen molar-refractivity contribution in [3.63, 3.8) is 0 Å². The van der Waals surface area contributed by atoms with E-state index in [2.05, 4.69) is 24.9 Å². The predicted molar refractivity (Wildman–Crippen MR) is 71.8 cm³/mol. The second-order valence-electron chi connectivity index (χ2n) is 5.00. The van der Waals surface area contributed by atoms with Gasteiger partial charge >= 0.3 is 0 Å². The third-order valence-electron chi connectivity index (χ3n) is 3.27. The quantitative estimate of drug-likeness (QED) is 0.754. The van der Waals surface area contributed by atoms with E-state index in [4.69, 9.17) is 0 Å². The predicted octanol–water partition coefficient (Wildman–Crippen LogP) is 1.20. The van der Waals surface area contributed by atoms with E-state index >= 15 is 0 Å². The van der Waals surface area contributed by atoms with Crippen LogP contribution >= 0.6 is 0 Å². The first kappa shape index (κ1) is 17.2. The standard InChI is InChI=1S/C14H18N3O2.Y/c1-10(2)12-4-5-13(15-8-12)17-7-6-16(11(3)18)9-14(17)19;/h5,8,10H,6-7,9H2,1-3H3;/q-1;. The Kier molecular flexibility index (Phi) is 6.27. The molecule has 2 amide bonds. The summed E-state index contributed by atoms with van der Waals surface area (Å²) in [5.74, 6) is 0.812. The van der Waals surface area contributed by atoms with Crippen molar-refractivity contribution in [3.8, 4) is 0 Å². The van der Waals surface area contributed by atoms with E-state index in [0.29, 0.717) is 24.8 Å². The Morgan fingerprint density at radius 2 is 2.10 bits per heavy atom. The number of carbonyl (C=O) groups excluding carboxylic acids is 2. The van der Waals surface area contributed by atoms with Gasteiger partial charge in [0.1, 0.15) is 0 Å². The Labute approximate surface area is 144 Å². The maximum absolute atomic E-state index is 12.0. The first-order valence-electron chi connectivity index (χ1n) is 6.42. The van der Waals surface area contributed by atoms with Crippen LogP contribution in [-0.2, 0) is 42.3 Å². The molecule has 0 bridgehead atoms. The summed E-state index contributed by atoms with van der Waals surface area (Å²) in [6.07, 6.45) is 1.75. The summed E-state index contributed by atoms with van der Waals surface area (Å²) in [4.78, 5) is 30.7. The summed E-state index contributed by atoms with van der Waals surface area (Å²) < 4.78 is 0. The van der Waals surface area contributed by atoms with Gasteiger partial charge in [0.05, 0.1) is 6.54 Å². The van der Waals surface area contributed by atoms with Crippen molar-refractivity contribution in [1.82, 2.24) is 9.88 Å². The zero-order valence-electron chi connectivity index (χ0n) is 12.1. The molecule has 105 valence electrons. The van der Waals surface area contributed by atoms with Crippen LogP contribution in [0.4, 0.5) is 5.82 Å². The monoisotopic (exact) mass is 349 g/mol. The molecule has 0 spiro atoms. The third-order valence-corrected chi connectivity index (χ3v) is 3.27. The summed E-state index contributed by atoms with van der Waals surface area (Å²) in [6.45, 7) is 6.79. The van der Waals surface area contributed by atoms with Gasteiger partial charge in [-0.15, -0.1) is 11.6 Å². The van der Waals surface area contributed by atoms with Gasteiger partial charge in [-0.25, -0.2) is 0 Å². The summed E-state index contributed by atoms with van der Waals surface area (Å²) in [6, 6.07) is 4.90. The number of rotatable bonds is 2. The first-order chi connectivity index (χ1) is 8.99. The van der Waals surface area contributed by atoms with Crippen molar-refractivity contribution in [2.75, 3.05) is 24.5 Å². The molecule has 0 unspecified atom stereocenters. The van der Waals surface area contributed by atoms with E-state index in [9.17, 15) is 9.59 Å². The molecule has 1 fully saturated rings. The number of hydrogen-bond acceptors (Lipinski definition) is 3. The van der Waals surface area contributed by atoms with Crippen LogP contribution < -0.4 is 4.90 Å². The number of piperazine rings is 1. The van der Waals surface area contributed by atoms with Crippen LogP contribution in [0.5, 0.6) is 0 Å². The fourth-order valence-corrected chi connectivity index (χ4v) is 2.01. The molecule has 0 saturated carbocycles. The molecule has 1 radical (unpaired) electrons. The van der Waals surface area contributed by atoms with Crippen molar-refractivity contribution < 1.29 is 42.3 Å². The molecule has 2 rings (SSSR count). The number of pyridine rings is 1. The van der Waals surface area contributed by atoms with E-state index in [1.807, 2.05) is 0 Å². The smallest absolute Gasteiger partial charge is 0.236 e. The topological polar surface area (TPSA) is 53.5 Å². The summed E-state index contributed by atoms with van der Waals surface area (Å²) >= 11 is 0. The van der Waals surface area contributed by atoms with Gasteiger partial charge in [-0.1, -0.05) is 20.0 Å². The Morgan fingerprint density at radius 1 is 1.40 bits per heavy atom. The van der Waals surface area contributed by atoms with Crippen LogP contribution in [0.2, 0.25) is 0 Å². The molecule has 0 N–H and O–H groups in total. The number of nitrogens with zero attached hydrogens (tertiary/aromatic N) is 3. The van der Waals surface area contributed by atoms with E-state index < -0.39 is 0 Å². The maximum atomic E-state index is 12.0. The minimum atomic E-state index is -0.0975.